The molecule has 0 radical (unpaired) electrons. The summed E-state index contributed by atoms with van der Waals surface area (Å²) in [5.74, 6) is 0. The van der Waals surface area contributed by atoms with Crippen LogP contribution >= 0.6 is 34.8 Å². The molecule has 0 rings (SSSR count). The van der Waals surface area contributed by atoms with Crippen molar-refractivity contribution >= 4 is 34.8 Å². The van der Waals surface area contributed by atoms with Crippen molar-refractivity contribution in [3.8, 4) is 0 Å². The highest BCUT2D eigenvalue weighted by molar-refractivity contribution is 6.45. The zero-order valence-corrected chi connectivity index (χ0v) is 7.44. The molecule has 56 valence electrons. The average molecular weight is 197 g/mol. The normalized spacial score (nSPS) is 13.2. The van der Waals surface area contributed by atoms with Crippen molar-refractivity contribution < 1.29 is 0 Å². The molecule has 3 heteroatoms. The van der Waals surface area contributed by atoms with E-state index in [9.17, 15) is 0 Å². The molecule has 0 N–H and O–H groups in total. The smallest absolute Gasteiger partial charge is 0.101 e. The number of hydrogen-bond acceptors (Lipinski definition) is 0. The van der Waals surface area contributed by atoms with E-state index in [0.29, 0.717) is 0 Å². The standard InChI is InChI=1S/C7H7Cl3/c8-6-4-2-1-3-5-7(9)10/h1-7H. The van der Waals surface area contributed by atoms with Gasteiger partial charge in [0.25, 0.3) is 0 Å². The summed E-state index contributed by atoms with van der Waals surface area (Å²) in [4.78, 5) is -0.440. The minimum Gasteiger partial charge on any atom is -0.101 e. The summed E-state index contributed by atoms with van der Waals surface area (Å²) >= 11 is 16.0. The molecule has 0 heterocycles. The highest BCUT2D eigenvalue weighted by Gasteiger charge is 1.84. The van der Waals surface area contributed by atoms with Crippen molar-refractivity contribution in [2.45, 2.75) is 4.84 Å². The van der Waals surface area contributed by atoms with Gasteiger partial charge >= 0.3 is 0 Å². The number of halogens is 3. The summed E-state index contributed by atoms with van der Waals surface area (Å²) in [5, 5.41) is 0. The molecule has 0 nitrogen and oxygen atoms in total. The predicted octanol–water partition coefficient (Wildman–Crippen LogP) is 3.66. The third-order valence-corrected chi connectivity index (χ3v) is 1.10. The van der Waals surface area contributed by atoms with Crippen molar-refractivity contribution in [1.29, 1.82) is 0 Å². The molecule has 0 aromatic carbocycles. The molecule has 0 amide bonds. The molecule has 0 aliphatic heterocycles. The third kappa shape index (κ3) is 8.09. The molecule has 0 aromatic heterocycles. The van der Waals surface area contributed by atoms with Gasteiger partial charge in [-0.05, 0) is 0 Å². The van der Waals surface area contributed by atoms with Gasteiger partial charge in [-0.3, -0.25) is 0 Å². The van der Waals surface area contributed by atoms with Crippen LogP contribution in [0.25, 0.3) is 0 Å². The van der Waals surface area contributed by atoms with Gasteiger partial charge in [0, 0.05) is 5.54 Å². The van der Waals surface area contributed by atoms with Crippen LogP contribution < -0.4 is 0 Å². The summed E-state index contributed by atoms with van der Waals surface area (Å²) in [6.07, 6.45) is 8.67. The molecule has 0 aliphatic carbocycles. The summed E-state index contributed by atoms with van der Waals surface area (Å²) < 4.78 is 0. The second-order valence-electron chi connectivity index (χ2n) is 1.42. The van der Waals surface area contributed by atoms with E-state index in [0.717, 1.165) is 0 Å². The van der Waals surface area contributed by atoms with Gasteiger partial charge in [0.15, 0.2) is 0 Å². The Morgan fingerprint density at radius 2 is 1.50 bits per heavy atom. The Labute approximate surface area is 75.8 Å². The van der Waals surface area contributed by atoms with Crippen LogP contribution in [0.15, 0.2) is 35.9 Å². The van der Waals surface area contributed by atoms with Crippen LogP contribution in [0.2, 0.25) is 0 Å². The van der Waals surface area contributed by atoms with Gasteiger partial charge in [0.1, 0.15) is 4.84 Å². The maximum atomic E-state index is 5.39. The van der Waals surface area contributed by atoms with Crippen LogP contribution in [0.5, 0.6) is 0 Å². The molecule has 0 unspecified atom stereocenters. The molecular weight excluding hydrogens is 190 g/mol. The van der Waals surface area contributed by atoms with E-state index in [1.165, 1.54) is 5.54 Å². The lowest BCUT2D eigenvalue weighted by Crippen LogP contribution is -1.72. The Morgan fingerprint density at radius 1 is 0.900 bits per heavy atom. The van der Waals surface area contributed by atoms with Gasteiger partial charge in [0.05, 0.1) is 0 Å². The molecule has 0 atom stereocenters. The van der Waals surface area contributed by atoms with Crippen molar-refractivity contribution in [3.63, 3.8) is 0 Å². The number of alkyl halides is 2. The maximum Gasteiger partial charge on any atom is 0.126 e. The fourth-order valence-electron chi connectivity index (χ4n) is 0.318. The topological polar surface area (TPSA) is 0 Å². The van der Waals surface area contributed by atoms with E-state index in [2.05, 4.69) is 0 Å². The van der Waals surface area contributed by atoms with E-state index in [4.69, 9.17) is 34.8 Å². The van der Waals surface area contributed by atoms with Crippen molar-refractivity contribution in [2.24, 2.45) is 0 Å². The number of rotatable bonds is 3. The number of allylic oxidation sites excluding steroid dienone is 5. The van der Waals surface area contributed by atoms with Gasteiger partial charge in [-0.2, -0.15) is 0 Å². The summed E-state index contributed by atoms with van der Waals surface area (Å²) in [6.45, 7) is 0. The largest absolute Gasteiger partial charge is 0.126 e. The van der Waals surface area contributed by atoms with Gasteiger partial charge in [0.2, 0.25) is 0 Å². The lowest BCUT2D eigenvalue weighted by Gasteiger charge is -1.82. The molecular formula is C7H7Cl3. The second-order valence-corrected chi connectivity index (χ2v) is 2.84. The van der Waals surface area contributed by atoms with E-state index in [1.807, 2.05) is 0 Å². The minimum absolute atomic E-state index is 0.440. The maximum absolute atomic E-state index is 5.39. The van der Waals surface area contributed by atoms with E-state index in [1.54, 1.807) is 30.4 Å². The quantitative estimate of drug-likeness (QED) is 0.478. The SMILES string of the molecule is ClC=CC=CC=CC(Cl)Cl. The first-order chi connectivity index (χ1) is 4.77. The summed E-state index contributed by atoms with van der Waals surface area (Å²) in [5.41, 5.74) is 1.42. The fraction of sp³-hybridized carbons (Fsp3) is 0.143. The predicted molar refractivity (Wildman–Crippen MR) is 48.8 cm³/mol. The Hall–Kier alpha value is 0.0900. The van der Waals surface area contributed by atoms with Crippen LogP contribution in [0.3, 0.4) is 0 Å². The zero-order chi connectivity index (χ0) is 7.82. The fourth-order valence-corrected chi connectivity index (χ4v) is 0.570. The van der Waals surface area contributed by atoms with Gasteiger partial charge in [-0.15, -0.1) is 23.2 Å². The van der Waals surface area contributed by atoms with Crippen molar-refractivity contribution in [2.75, 3.05) is 0 Å². The van der Waals surface area contributed by atoms with Gasteiger partial charge < -0.3 is 0 Å². The first-order valence-electron chi connectivity index (χ1n) is 2.65. The Bertz CT molecular complexity index is 145. The Kier molecular flexibility index (Phi) is 7.26. The number of hydrogen-bond donors (Lipinski definition) is 0. The van der Waals surface area contributed by atoms with Crippen LogP contribution in [0.4, 0.5) is 0 Å². The highest BCUT2D eigenvalue weighted by Crippen LogP contribution is 2.02. The van der Waals surface area contributed by atoms with Crippen LogP contribution in [-0.4, -0.2) is 4.84 Å². The zero-order valence-electron chi connectivity index (χ0n) is 5.18. The second kappa shape index (κ2) is 7.20. The van der Waals surface area contributed by atoms with Crippen LogP contribution in [0, 0.1) is 0 Å². The first-order valence-corrected chi connectivity index (χ1v) is 3.96. The van der Waals surface area contributed by atoms with Crippen LogP contribution in [0.1, 0.15) is 0 Å². The average Bonchev–Trinajstić information content (AvgIpc) is 1.87. The van der Waals surface area contributed by atoms with Gasteiger partial charge in [-0.25, -0.2) is 0 Å². The molecule has 0 bridgehead atoms. The van der Waals surface area contributed by atoms with E-state index < -0.39 is 4.84 Å². The van der Waals surface area contributed by atoms with Crippen molar-refractivity contribution in [1.82, 2.24) is 0 Å². The van der Waals surface area contributed by atoms with Crippen molar-refractivity contribution in [3.05, 3.63) is 35.9 Å². The molecule has 0 spiro atoms. The Balaban J connectivity index is 3.51. The molecule has 0 aromatic rings. The molecule has 0 fully saturated rings. The minimum atomic E-state index is -0.440. The highest BCUT2D eigenvalue weighted by atomic mass is 35.5. The van der Waals surface area contributed by atoms with Gasteiger partial charge in [-0.1, -0.05) is 42.0 Å². The molecule has 0 aliphatic rings. The van der Waals surface area contributed by atoms with Crippen LogP contribution in [-0.2, 0) is 0 Å². The molecule has 0 saturated heterocycles. The van der Waals surface area contributed by atoms with E-state index in [-0.39, 0.29) is 0 Å². The monoisotopic (exact) mass is 196 g/mol. The lowest BCUT2D eigenvalue weighted by atomic mass is 10.4. The lowest BCUT2D eigenvalue weighted by molar-refractivity contribution is 1.60. The third-order valence-electron chi connectivity index (χ3n) is 0.663. The summed E-state index contributed by atoms with van der Waals surface area (Å²) in [6, 6.07) is 0. The van der Waals surface area contributed by atoms with E-state index >= 15 is 0 Å². The first kappa shape index (κ1) is 10.1. The molecule has 10 heavy (non-hydrogen) atoms. The molecule has 0 saturated carbocycles. The summed E-state index contributed by atoms with van der Waals surface area (Å²) in [7, 11) is 0. The Morgan fingerprint density at radius 3 is 2.00 bits per heavy atom.